The standard InChI is InChI=1S/C12H14O/c1-9(11-5-6-11)12-4-2-3-10(7-12)8-13/h2-4,7-9,11H,5-6H2,1H3/t9-/m1/s1. The minimum atomic E-state index is 0.625. The van der Waals surface area contributed by atoms with Gasteiger partial charge in [0.15, 0.2) is 0 Å². The van der Waals surface area contributed by atoms with Gasteiger partial charge in [-0.05, 0) is 36.3 Å². The van der Waals surface area contributed by atoms with Crippen molar-refractivity contribution in [2.24, 2.45) is 5.92 Å². The summed E-state index contributed by atoms with van der Waals surface area (Å²) in [6, 6.07) is 7.96. The van der Waals surface area contributed by atoms with Gasteiger partial charge in [0.25, 0.3) is 0 Å². The predicted octanol–water partition coefficient (Wildman–Crippen LogP) is 3.01. The molecule has 1 heteroatoms. The molecule has 0 aromatic heterocycles. The summed E-state index contributed by atoms with van der Waals surface area (Å²) in [6.45, 7) is 2.25. The first kappa shape index (κ1) is 8.49. The molecule has 1 nitrogen and oxygen atoms in total. The maximum atomic E-state index is 10.6. The molecule has 0 amide bonds. The summed E-state index contributed by atoms with van der Waals surface area (Å²) < 4.78 is 0. The van der Waals surface area contributed by atoms with E-state index in [1.165, 1.54) is 18.4 Å². The van der Waals surface area contributed by atoms with Crippen molar-refractivity contribution in [1.29, 1.82) is 0 Å². The summed E-state index contributed by atoms with van der Waals surface area (Å²) >= 11 is 0. The molecule has 0 heterocycles. The highest BCUT2D eigenvalue weighted by Gasteiger charge is 2.28. The van der Waals surface area contributed by atoms with Crippen LogP contribution in [0.4, 0.5) is 0 Å². The number of carbonyl (C=O) groups excluding carboxylic acids is 1. The van der Waals surface area contributed by atoms with E-state index >= 15 is 0 Å². The Labute approximate surface area is 78.8 Å². The van der Waals surface area contributed by atoms with Gasteiger partial charge < -0.3 is 0 Å². The molecule has 68 valence electrons. The molecule has 0 unspecified atom stereocenters. The Kier molecular flexibility index (Phi) is 2.17. The molecular formula is C12H14O. The first-order valence-electron chi connectivity index (χ1n) is 4.86. The molecule has 1 saturated carbocycles. The number of benzene rings is 1. The Morgan fingerprint density at radius 2 is 2.23 bits per heavy atom. The molecule has 1 aliphatic carbocycles. The average Bonchev–Trinajstić information content (AvgIpc) is 3.00. The second-order valence-electron chi connectivity index (χ2n) is 3.91. The molecule has 1 aliphatic rings. The molecule has 0 spiro atoms. The Morgan fingerprint density at radius 1 is 1.46 bits per heavy atom. The summed E-state index contributed by atoms with van der Waals surface area (Å²) in [7, 11) is 0. The minimum Gasteiger partial charge on any atom is -0.298 e. The van der Waals surface area contributed by atoms with Crippen LogP contribution in [0.25, 0.3) is 0 Å². The lowest BCUT2D eigenvalue weighted by atomic mass is 9.95. The van der Waals surface area contributed by atoms with E-state index in [0.29, 0.717) is 5.92 Å². The van der Waals surface area contributed by atoms with Gasteiger partial charge in [0, 0.05) is 5.56 Å². The van der Waals surface area contributed by atoms with Crippen LogP contribution in [0.3, 0.4) is 0 Å². The van der Waals surface area contributed by atoms with E-state index in [1.54, 1.807) is 0 Å². The van der Waals surface area contributed by atoms with E-state index in [4.69, 9.17) is 0 Å². The van der Waals surface area contributed by atoms with Gasteiger partial charge in [-0.3, -0.25) is 4.79 Å². The Morgan fingerprint density at radius 3 is 2.85 bits per heavy atom. The fourth-order valence-corrected chi connectivity index (χ4v) is 1.78. The zero-order valence-electron chi connectivity index (χ0n) is 7.86. The highest BCUT2D eigenvalue weighted by molar-refractivity contribution is 5.75. The third-order valence-electron chi connectivity index (χ3n) is 2.90. The van der Waals surface area contributed by atoms with Crippen molar-refractivity contribution in [3.63, 3.8) is 0 Å². The van der Waals surface area contributed by atoms with E-state index in [9.17, 15) is 4.79 Å². The summed E-state index contributed by atoms with van der Waals surface area (Å²) in [5.74, 6) is 1.49. The van der Waals surface area contributed by atoms with Gasteiger partial charge in [0.2, 0.25) is 0 Å². The average molecular weight is 174 g/mol. The monoisotopic (exact) mass is 174 g/mol. The maximum Gasteiger partial charge on any atom is 0.150 e. The van der Waals surface area contributed by atoms with Gasteiger partial charge in [-0.1, -0.05) is 25.1 Å². The zero-order valence-corrected chi connectivity index (χ0v) is 7.86. The van der Waals surface area contributed by atoms with Crippen LogP contribution < -0.4 is 0 Å². The molecule has 1 aromatic rings. The molecule has 0 N–H and O–H groups in total. The SMILES string of the molecule is C[C@@H](c1cccc(C=O)c1)C1CC1. The number of hydrogen-bond acceptors (Lipinski definition) is 1. The fraction of sp³-hybridized carbons (Fsp3) is 0.417. The van der Waals surface area contributed by atoms with Crippen LogP contribution in [-0.4, -0.2) is 6.29 Å². The van der Waals surface area contributed by atoms with Crippen molar-refractivity contribution in [1.82, 2.24) is 0 Å². The lowest BCUT2D eigenvalue weighted by Gasteiger charge is -2.10. The van der Waals surface area contributed by atoms with Gasteiger partial charge in [-0.15, -0.1) is 0 Å². The van der Waals surface area contributed by atoms with Crippen LogP contribution in [0.15, 0.2) is 24.3 Å². The summed E-state index contributed by atoms with van der Waals surface area (Å²) in [5, 5.41) is 0. The van der Waals surface area contributed by atoms with Crippen molar-refractivity contribution >= 4 is 6.29 Å². The first-order valence-corrected chi connectivity index (χ1v) is 4.86. The molecule has 2 rings (SSSR count). The van der Waals surface area contributed by atoms with E-state index in [2.05, 4.69) is 13.0 Å². The number of carbonyl (C=O) groups is 1. The van der Waals surface area contributed by atoms with Gasteiger partial charge in [-0.2, -0.15) is 0 Å². The van der Waals surface area contributed by atoms with Crippen LogP contribution in [-0.2, 0) is 0 Å². The normalized spacial score (nSPS) is 18.2. The molecule has 0 radical (unpaired) electrons. The van der Waals surface area contributed by atoms with Crippen molar-refractivity contribution in [3.8, 4) is 0 Å². The van der Waals surface area contributed by atoms with Gasteiger partial charge in [0.05, 0.1) is 0 Å². The number of rotatable bonds is 3. The van der Waals surface area contributed by atoms with E-state index < -0.39 is 0 Å². The van der Waals surface area contributed by atoms with Crippen LogP contribution in [0.1, 0.15) is 41.6 Å². The van der Waals surface area contributed by atoms with Gasteiger partial charge in [0.1, 0.15) is 6.29 Å². The van der Waals surface area contributed by atoms with Gasteiger partial charge >= 0.3 is 0 Å². The summed E-state index contributed by atoms with van der Waals surface area (Å²) in [4.78, 5) is 10.6. The summed E-state index contributed by atoms with van der Waals surface area (Å²) in [6.07, 6.45) is 3.63. The number of aldehydes is 1. The lowest BCUT2D eigenvalue weighted by molar-refractivity contribution is 0.112. The molecular weight excluding hydrogens is 160 g/mol. The van der Waals surface area contributed by atoms with E-state index in [1.807, 2.05) is 18.2 Å². The zero-order chi connectivity index (χ0) is 9.26. The van der Waals surface area contributed by atoms with Gasteiger partial charge in [-0.25, -0.2) is 0 Å². The molecule has 0 saturated heterocycles. The first-order chi connectivity index (χ1) is 6.31. The second-order valence-corrected chi connectivity index (χ2v) is 3.91. The highest BCUT2D eigenvalue weighted by Crippen LogP contribution is 2.42. The molecule has 1 aromatic carbocycles. The largest absolute Gasteiger partial charge is 0.298 e. The molecule has 1 atom stereocenters. The maximum absolute atomic E-state index is 10.6. The Bertz CT molecular complexity index is 313. The van der Waals surface area contributed by atoms with Crippen molar-refractivity contribution < 1.29 is 4.79 Å². The second kappa shape index (κ2) is 3.33. The fourth-order valence-electron chi connectivity index (χ4n) is 1.78. The lowest BCUT2D eigenvalue weighted by Crippen LogP contribution is -1.96. The highest BCUT2D eigenvalue weighted by atomic mass is 16.1. The van der Waals surface area contributed by atoms with Crippen LogP contribution in [0.2, 0.25) is 0 Å². The van der Waals surface area contributed by atoms with E-state index in [0.717, 1.165) is 17.8 Å². The Balaban J connectivity index is 2.22. The molecule has 1 fully saturated rings. The van der Waals surface area contributed by atoms with Crippen molar-refractivity contribution in [2.75, 3.05) is 0 Å². The van der Waals surface area contributed by atoms with Crippen LogP contribution in [0, 0.1) is 5.92 Å². The summed E-state index contributed by atoms with van der Waals surface area (Å²) in [5.41, 5.74) is 2.11. The molecule has 0 aliphatic heterocycles. The molecule has 13 heavy (non-hydrogen) atoms. The third kappa shape index (κ3) is 1.80. The third-order valence-corrected chi connectivity index (χ3v) is 2.90. The van der Waals surface area contributed by atoms with Crippen LogP contribution in [0.5, 0.6) is 0 Å². The topological polar surface area (TPSA) is 17.1 Å². The van der Waals surface area contributed by atoms with Crippen LogP contribution >= 0.6 is 0 Å². The number of hydrogen-bond donors (Lipinski definition) is 0. The predicted molar refractivity (Wildman–Crippen MR) is 53.0 cm³/mol. The smallest absolute Gasteiger partial charge is 0.150 e. The van der Waals surface area contributed by atoms with E-state index in [-0.39, 0.29) is 0 Å². The molecule has 0 bridgehead atoms. The Hall–Kier alpha value is -1.11. The minimum absolute atomic E-state index is 0.625. The quantitative estimate of drug-likeness (QED) is 0.644. The van der Waals surface area contributed by atoms with Crippen molar-refractivity contribution in [2.45, 2.75) is 25.7 Å². The van der Waals surface area contributed by atoms with Crippen molar-refractivity contribution in [3.05, 3.63) is 35.4 Å².